The van der Waals surface area contributed by atoms with E-state index >= 15 is 0 Å². The first-order valence-electron chi connectivity index (χ1n) is 6.72. The molecule has 0 spiro atoms. The average molecular weight is 285 g/mol. The van der Waals surface area contributed by atoms with E-state index in [4.69, 9.17) is 11.6 Å². The van der Waals surface area contributed by atoms with Gasteiger partial charge in [-0.05, 0) is 25.7 Å². The third-order valence-corrected chi connectivity index (χ3v) is 5.12. The van der Waals surface area contributed by atoms with Crippen molar-refractivity contribution in [3.63, 3.8) is 0 Å². The van der Waals surface area contributed by atoms with Gasteiger partial charge in [0.25, 0.3) is 0 Å². The Hall–Kier alpha value is -0.280. The first kappa shape index (κ1) is 14.1. The van der Waals surface area contributed by atoms with Crippen LogP contribution in [-0.2, 0) is 5.75 Å². The number of aromatic nitrogens is 2. The summed E-state index contributed by atoms with van der Waals surface area (Å²) >= 11 is 8.25. The van der Waals surface area contributed by atoms with Gasteiger partial charge in [-0.1, -0.05) is 38.3 Å². The van der Waals surface area contributed by atoms with Gasteiger partial charge in [0.05, 0.1) is 5.75 Å². The molecular weight excluding hydrogens is 264 g/mol. The predicted molar refractivity (Wildman–Crippen MR) is 79.4 cm³/mol. The van der Waals surface area contributed by atoms with Crippen molar-refractivity contribution in [1.82, 2.24) is 9.97 Å². The number of rotatable bonds is 4. The SMILES string of the molecule is Cc1nc(CSC2CCCC2)nc(Cl)c1C(C)C. The predicted octanol–water partition coefficient (Wildman–Crippen LogP) is 4.74. The molecule has 1 saturated carbocycles. The van der Waals surface area contributed by atoms with Gasteiger partial charge < -0.3 is 0 Å². The molecule has 2 nitrogen and oxygen atoms in total. The second-order valence-corrected chi connectivity index (χ2v) is 6.95. The number of thioether (sulfide) groups is 1. The molecule has 1 aromatic heterocycles. The van der Waals surface area contributed by atoms with Gasteiger partial charge in [0, 0.05) is 16.5 Å². The number of nitrogens with zero attached hydrogens (tertiary/aromatic N) is 2. The zero-order valence-corrected chi connectivity index (χ0v) is 12.9. The molecular formula is C14H21ClN2S. The molecule has 0 amide bonds. The van der Waals surface area contributed by atoms with Gasteiger partial charge >= 0.3 is 0 Å². The minimum Gasteiger partial charge on any atom is -0.237 e. The van der Waals surface area contributed by atoms with Crippen LogP contribution in [0.15, 0.2) is 0 Å². The Morgan fingerprint density at radius 1 is 1.28 bits per heavy atom. The second kappa shape index (κ2) is 6.25. The number of halogens is 1. The Morgan fingerprint density at radius 2 is 1.94 bits per heavy atom. The molecule has 1 aliphatic carbocycles. The Labute approximate surface area is 119 Å². The van der Waals surface area contributed by atoms with E-state index < -0.39 is 0 Å². The number of hydrogen-bond donors (Lipinski definition) is 0. The lowest BCUT2D eigenvalue weighted by molar-refractivity contribution is 0.816. The van der Waals surface area contributed by atoms with E-state index in [9.17, 15) is 0 Å². The van der Waals surface area contributed by atoms with Crippen LogP contribution in [0.2, 0.25) is 5.15 Å². The van der Waals surface area contributed by atoms with E-state index in [1.165, 1.54) is 25.7 Å². The third-order valence-electron chi connectivity index (χ3n) is 3.46. The highest BCUT2D eigenvalue weighted by Crippen LogP contribution is 2.32. The highest BCUT2D eigenvalue weighted by molar-refractivity contribution is 7.99. The van der Waals surface area contributed by atoms with E-state index in [0.717, 1.165) is 28.1 Å². The number of aryl methyl sites for hydroxylation is 1. The van der Waals surface area contributed by atoms with Crippen LogP contribution >= 0.6 is 23.4 Å². The summed E-state index contributed by atoms with van der Waals surface area (Å²) in [6.07, 6.45) is 5.46. The van der Waals surface area contributed by atoms with E-state index in [1.54, 1.807) is 0 Å². The van der Waals surface area contributed by atoms with Crippen LogP contribution < -0.4 is 0 Å². The van der Waals surface area contributed by atoms with Gasteiger partial charge in [-0.25, -0.2) is 9.97 Å². The fourth-order valence-corrected chi connectivity index (χ4v) is 4.20. The molecule has 0 saturated heterocycles. The third kappa shape index (κ3) is 3.39. The van der Waals surface area contributed by atoms with Crippen LogP contribution in [0.4, 0.5) is 0 Å². The smallest absolute Gasteiger partial charge is 0.140 e. The standard InChI is InChI=1S/C14H21ClN2S/c1-9(2)13-10(3)16-12(17-14(13)15)8-18-11-6-4-5-7-11/h9,11H,4-8H2,1-3H3. The van der Waals surface area contributed by atoms with E-state index in [2.05, 4.69) is 23.8 Å². The summed E-state index contributed by atoms with van der Waals surface area (Å²) < 4.78 is 0. The highest BCUT2D eigenvalue weighted by Gasteiger charge is 2.17. The van der Waals surface area contributed by atoms with Crippen molar-refractivity contribution in [2.24, 2.45) is 0 Å². The largest absolute Gasteiger partial charge is 0.237 e. The summed E-state index contributed by atoms with van der Waals surface area (Å²) in [4.78, 5) is 9.05. The quantitative estimate of drug-likeness (QED) is 0.747. The molecule has 0 aromatic carbocycles. The molecule has 1 aliphatic rings. The molecule has 1 fully saturated rings. The summed E-state index contributed by atoms with van der Waals surface area (Å²) in [5, 5.41) is 1.44. The molecule has 100 valence electrons. The molecule has 1 aromatic rings. The lowest BCUT2D eigenvalue weighted by Crippen LogP contribution is -2.05. The fraction of sp³-hybridized carbons (Fsp3) is 0.714. The van der Waals surface area contributed by atoms with Crippen molar-refractivity contribution in [2.75, 3.05) is 0 Å². The molecule has 4 heteroatoms. The Morgan fingerprint density at radius 3 is 2.50 bits per heavy atom. The summed E-state index contributed by atoms with van der Waals surface area (Å²) in [6.45, 7) is 6.29. The van der Waals surface area contributed by atoms with Crippen molar-refractivity contribution in [2.45, 2.75) is 63.4 Å². The lowest BCUT2D eigenvalue weighted by Gasteiger charge is -2.13. The van der Waals surface area contributed by atoms with Gasteiger partial charge in [-0.3, -0.25) is 0 Å². The normalized spacial score (nSPS) is 16.7. The van der Waals surface area contributed by atoms with E-state index in [1.807, 2.05) is 18.7 Å². The monoisotopic (exact) mass is 284 g/mol. The minimum absolute atomic E-state index is 0.383. The fourth-order valence-electron chi connectivity index (χ4n) is 2.57. The maximum Gasteiger partial charge on any atom is 0.140 e. The highest BCUT2D eigenvalue weighted by atomic mass is 35.5. The summed E-state index contributed by atoms with van der Waals surface area (Å²) in [5.74, 6) is 2.16. The van der Waals surface area contributed by atoms with Gasteiger partial charge in [0.1, 0.15) is 11.0 Å². The van der Waals surface area contributed by atoms with Crippen LogP contribution in [0.1, 0.15) is 62.5 Å². The van der Waals surface area contributed by atoms with E-state index in [0.29, 0.717) is 11.1 Å². The van der Waals surface area contributed by atoms with Crippen molar-refractivity contribution >= 4 is 23.4 Å². The molecule has 0 unspecified atom stereocenters. The zero-order chi connectivity index (χ0) is 13.1. The van der Waals surface area contributed by atoms with Crippen LogP contribution in [-0.4, -0.2) is 15.2 Å². The summed E-state index contributed by atoms with van der Waals surface area (Å²) in [7, 11) is 0. The van der Waals surface area contributed by atoms with Gasteiger partial charge in [-0.15, -0.1) is 0 Å². The van der Waals surface area contributed by atoms with Crippen molar-refractivity contribution in [1.29, 1.82) is 0 Å². The Bertz CT molecular complexity index is 391. The summed E-state index contributed by atoms with van der Waals surface area (Å²) in [6, 6.07) is 0. The van der Waals surface area contributed by atoms with Crippen LogP contribution in [0, 0.1) is 6.92 Å². The van der Waals surface area contributed by atoms with Gasteiger partial charge in [0.2, 0.25) is 0 Å². The first-order valence-corrected chi connectivity index (χ1v) is 8.15. The molecule has 1 heterocycles. The topological polar surface area (TPSA) is 25.8 Å². The Balaban J connectivity index is 2.05. The van der Waals surface area contributed by atoms with Crippen molar-refractivity contribution in [3.05, 3.63) is 22.2 Å². The Kier molecular flexibility index (Phi) is 4.91. The minimum atomic E-state index is 0.383. The molecule has 0 N–H and O–H groups in total. The van der Waals surface area contributed by atoms with Crippen LogP contribution in [0.3, 0.4) is 0 Å². The second-order valence-electron chi connectivity index (χ2n) is 5.30. The summed E-state index contributed by atoms with van der Waals surface area (Å²) in [5.41, 5.74) is 2.12. The van der Waals surface area contributed by atoms with Gasteiger partial charge in [0.15, 0.2) is 0 Å². The maximum absolute atomic E-state index is 6.26. The molecule has 0 atom stereocenters. The van der Waals surface area contributed by atoms with Crippen molar-refractivity contribution < 1.29 is 0 Å². The van der Waals surface area contributed by atoms with Crippen LogP contribution in [0.5, 0.6) is 0 Å². The first-order chi connectivity index (χ1) is 8.58. The average Bonchev–Trinajstić information content (AvgIpc) is 2.77. The number of hydrogen-bond acceptors (Lipinski definition) is 3. The molecule has 0 radical (unpaired) electrons. The molecule has 2 rings (SSSR count). The molecule has 0 aliphatic heterocycles. The van der Waals surface area contributed by atoms with Crippen molar-refractivity contribution in [3.8, 4) is 0 Å². The maximum atomic E-state index is 6.26. The van der Waals surface area contributed by atoms with E-state index in [-0.39, 0.29) is 0 Å². The molecule has 18 heavy (non-hydrogen) atoms. The van der Waals surface area contributed by atoms with Crippen LogP contribution in [0.25, 0.3) is 0 Å². The lowest BCUT2D eigenvalue weighted by atomic mass is 10.0. The zero-order valence-electron chi connectivity index (χ0n) is 11.4. The molecule has 0 bridgehead atoms. The van der Waals surface area contributed by atoms with Gasteiger partial charge in [-0.2, -0.15) is 11.8 Å².